The molecule has 1 atom stereocenters. The molecule has 0 amide bonds. The fourth-order valence-corrected chi connectivity index (χ4v) is 2.25. The lowest BCUT2D eigenvalue weighted by molar-refractivity contribution is -0.151. The van der Waals surface area contributed by atoms with E-state index in [1.807, 2.05) is 0 Å². The fraction of sp³-hybridized carbons (Fsp3) is 0.273. The van der Waals surface area contributed by atoms with Crippen LogP contribution in [0.5, 0.6) is 0 Å². The summed E-state index contributed by atoms with van der Waals surface area (Å²) in [4.78, 5) is 23.0. The number of benzene rings is 1. The van der Waals surface area contributed by atoms with Crippen molar-refractivity contribution in [3.05, 3.63) is 33.3 Å². The third-order valence-corrected chi connectivity index (χ3v) is 3.04. The lowest BCUT2D eigenvalue weighted by atomic mass is 9.98. The van der Waals surface area contributed by atoms with E-state index in [2.05, 4.69) is 4.74 Å². The van der Waals surface area contributed by atoms with E-state index < -0.39 is 18.0 Å². The van der Waals surface area contributed by atoms with Crippen LogP contribution in [0.2, 0.25) is 10.0 Å². The van der Waals surface area contributed by atoms with E-state index >= 15 is 0 Å². The molecule has 1 aromatic rings. The average molecular weight is 275 g/mol. The van der Waals surface area contributed by atoms with Crippen LogP contribution in [0, 0.1) is 0 Å². The van der Waals surface area contributed by atoms with Crippen LogP contribution in [-0.2, 0) is 20.7 Å². The highest BCUT2D eigenvalue weighted by Gasteiger charge is 2.33. The summed E-state index contributed by atoms with van der Waals surface area (Å²) in [6.45, 7) is 0. The highest BCUT2D eigenvalue weighted by atomic mass is 35.5. The van der Waals surface area contributed by atoms with Crippen molar-refractivity contribution in [3.8, 4) is 0 Å². The molecule has 0 bridgehead atoms. The van der Waals surface area contributed by atoms with Crippen LogP contribution < -0.4 is 0 Å². The van der Waals surface area contributed by atoms with E-state index in [-0.39, 0.29) is 6.42 Å². The monoisotopic (exact) mass is 274 g/mol. The molecule has 17 heavy (non-hydrogen) atoms. The Hall–Kier alpha value is -1.26. The zero-order valence-corrected chi connectivity index (χ0v) is 10.3. The first-order valence-corrected chi connectivity index (χ1v) is 5.55. The Labute approximate surface area is 107 Å². The SMILES string of the molecule is COC(=O)C1Cc2c(Cl)cc(Cl)cc2C(=O)O1. The maximum atomic E-state index is 11.7. The Morgan fingerprint density at radius 3 is 2.82 bits per heavy atom. The third kappa shape index (κ3) is 2.23. The van der Waals surface area contributed by atoms with Gasteiger partial charge in [-0.3, -0.25) is 0 Å². The summed E-state index contributed by atoms with van der Waals surface area (Å²) < 4.78 is 9.48. The standard InChI is InChI=1S/C11H8Cl2O4/c1-16-11(15)9-4-6-7(10(14)17-9)2-5(12)3-8(6)13/h2-3,9H,4H2,1H3. The van der Waals surface area contributed by atoms with Crippen LogP contribution in [0.25, 0.3) is 0 Å². The van der Waals surface area contributed by atoms with E-state index in [4.69, 9.17) is 27.9 Å². The van der Waals surface area contributed by atoms with Gasteiger partial charge in [0.1, 0.15) is 0 Å². The summed E-state index contributed by atoms with van der Waals surface area (Å²) in [5, 5.41) is 0.695. The van der Waals surface area contributed by atoms with Crippen molar-refractivity contribution in [3.63, 3.8) is 0 Å². The Bertz CT molecular complexity index is 498. The minimum Gasteiger partial charge on any atom is -0.466 e. The Balaban J connectivity index is 2.43. The van der Waals surface area contributed by atoms with Crippen molar-refractivity contribution in [2.45, 2.75) is 12.5 Å². The fourth-order valence-electron chi connectivity index (χ4n) is 1.68. The van der Waals surface area contributed by atoms with Crippen LogP contribution in [0.15, 0.2) is 12.1 Å². The Morgan fingerprint density at radius 2 is 2.18 bits per heavy atom. The van der Waals surface area contributed by atoms with Gasteiger partial charge in [0, 0.05) is 16.5 Å². The normalized spacial score (nSPS) is 18.3. The van der Waals surface area contributed by atoms with Crippen LogP contribution in [-0.4, -0.2) is 25.2 Å². The van der Waals surface area contributed by atoms with Crippen molar-refractivity contribution in [1.82, 2.24) is 0 Å². The average Bonchev–Trinajstić information content (AvgIpc) is 2.29. The molecular weight excluding hydrogens is 267 g/mol. The van der Waals surface area contributed by atoms with Gasteiger partial charge in [-0.2, -0.15) is 0 Å². The molecule has 4 nitrogen and oxygen atoms in total. The molecule has 0 radical (unpaired) electrons. The van der Waals surface area contributed by atoms with Gasteiger partial charge < -0.3 is 9.47 Å². The molecule has 0 aliphatic carbocycles. The van der Waals surface area contributed by atoms with Crippen molar-refractivity contribution >= 4 is 35.1 Å². The van der Waals surface area contributed by atoms with Gasteiger partial charge in [-0.05, 0) is 17.7 Å². The number of hydrogen-bond acceptors (Lipinski definition) is 4. The van der Waals surface area contributed by atoms with Crippen LogP contribution in [0.1, 0.15) is 15.9 Å². The summed E-state index contributed by atoms with van der Waals surface area (Å²) in [6, 6.07) is 2.99. The van der Waals surface area contributed by atoms with Gasteiger partial charge in [0.2, 0.25) is 6.10 Å². The van der Waals surface area contributed by atoms with Gasteiger partial charge in [0.25, 0.3) is 0 Å². The first kappa shape index (κ1) is 12.2. The summed E-state index contributed by atoms with van der Waals surface area (Å²) in [5.74, 6) is -1.22. The summed E-state index contributed by atoms with van der Waals surface area (Å²) in [5.41, 5.74) is 0.852. The van der Waals surface area contributed by atoms with Crippen molar-refractivity contribution in [1.29, 1.82) is 0 Å². The van der Waals surface area contributed by atoms with E-state index in [1.54, 1.807) is 0 Å². The molecule has 1 aromatic carbocycles. The predicted octanol–water partition coefficient (Wildman–Crippen LogP) is 2.25. The van der Waals surface area contributed by atoms with Crippen molar-refractivity contribution < 1.29 is 19.1 Å². The Kier molecular flexibility index (Phi) is 3.26. The number of methoxy groups -OCH3 is 1. The molecule has 1 unspecified atom stereocenters. The minimum absolute atomic E-state index is 0.198. The second-order valence-corrected chi connectivity index (χ2v) is 4.38. The first-order chi connectivity index (χ1) is 8.02. The molecule has 6 heteroatoms. The van der Waals surface area contributed by atoms with Crippen molar-refractivity contribution in [2.75, 3.05) is 7.11 Å². The second kappa shape index (κ2) is 4.55. The van der Waals surface area contributed by atoms with E-state index in [0.717, 1.165) is 0 Å². The number of carbonyl (C=O) groups excluding carboxylic acids is 2. The largest absolute Gasteiger partial charge is 0.466 e. The van der Waals surface area contributed by atoms with Crippen LogP contribution >= 0.6 is 23.2 Å². The third-order valence-electron chi connectivity index (χ3n) is 2.48. The summed E-state index contributed by atoms with van der Waals surface area (Å²) in [6.07, 6.45) is -0.748. The molecule has 1 aliphatic rings. The van der Waals surface area contributed by atoms with E-state index in [9.17, 15) is 9.59 Å². The molecular formula is C11H8Cl2O4. The molecule has 2 rings (SSSR count). The number of halogens is 2. The smallest absolute Gasteiger partial charge is 0.347 e. The van der Waals surface area contributed by atoms with Gasteiger partial charge in [-0.25, -0.2) is 9.59 Å². The topological polar surface area (TPSA) is 52.6 Å². The molecule has 1 heterocycles. The first-order valence-electron chi connectivity index (χ1n) is 4.79. The summed E-state index contributed by atoms with van der Waals surface area (Å²) >= 11 is 11.8. The van der Waals surface area contributed by atoms with Gasteiger partial charge >= 0.3 is 11.9 Å². The molecule has 0 saturated carbocycles. The highest BCUT2D eigenvalue weighted by molar-refractivity contribution is 6.35. The number of esters is 2. The zero-order chi connectivity index (χ0) is 12.6. The van der Waals surface area contributed by atoms with E-state index in [1.165, 1.54) is 19.2 Å². The molecule has 0 N–H and O–H groups in total. The lowest BCUT2D eigenvalue weighted by Crippen LogP contribution is -2.35. The van der Waals surface area contributed by atoms with Gasteiger partial charge in [0.05, 0.1) is 12.7 Å². The van der Waals surface area contributed by atoms with Crippen LogP contribution in [0.3, 0.4) is 0 Å². The molecule has 0 saturated heterocycles. The lowest BCUT2D eigenvalue weighted by Gasteiger charge is -2.23. The van der Waals surface area contributed by atoms with Gasteiger partial charge in [-0.15, -0.1) is 0 Å². The quantitative estimate of drug-likeness (QED) is 0.737. The molecule has 90 valence electrons. The predicted molar refractivity (Wildman–Crippen MR) is 61.4 cm³/mol. The molecule has 0 aromatic heterocycles. The Morgan fingerprint density at radius 1 is 1.47 bits per heavy atom. The maximum absolute atomic E-state index is 11.7. The molecule has 1 aliphatic heterocycles. The number of carbonyl (C=O) groups is 2. The molecule has 0 spiro atoms. The number of hydrogen-bond donors (Lipinski definition) is 0. The number of ether oxygens (including phenoxy) is 2. The van der Waals surface area contributed by atoms with Gasteiger partial charge in [0.15, 0.2) is 0 Å². The number of fused-ring (bicyclic) bond motifs is 1. The second-order valence-electron chi connectivity index (χ2n) is 3.53. The highest BCUT2D eigenvalue weighted by Crippen LogP contribution is 2.31. The number of cyclic esters (lactones) is 1. The van der Waals surface area contributed by atoms with Gasteiger partial charge in [-0.1, -0.05) is 23.2 Å². The number of rotatable bonds is 1. The van der Waals surface area contributed by atoms with Crippen molar-refractivity contribution in [2.24, 2.45) is 0 Å². The zero-order valence-electron chi connectivity index (χ0n) is 8.83. The minimum atomic E-state index is -0.946. The molecule has 0 fully saturated rings. The van der Waals surface area contributed by atoms with E-state index in [0.29, 0.717) is 21.2 Å². The maximum Gasteiger partial charge on any atom is 0.347 e. The summed E-state index contributed by atoms with van der Waals surface area (Å²) in [7, 11) is 1.23. The van der Waals surface area contributed by atoms with Crippen LogP contribution in [0.4, 0.5) is 0 Å².